The van der Waals surface area contributed by atoms with Gasteiger partial charge in [-0.05, 0) is 99.8 Å². The molecule has 0 unspecified atom stereocenters. The van der Waals surface area contributed by atoms with E-state index in [1.54, 1.807) is 63.2 Å². The maximum absolute atomic E-state index is 14.9. The Hall–Kier alpha value is -3.78. The second-order valence-electron chi connectivity index (χ2n) is 10.5. The molecule has 12 heteroatoms. The molecule has 10 nitrogen and oxygen atoms in total. The van der Waals surface area contributed by atoms with Gasteiger partial charge >= 0.3 is 5.69 Å². The quantitative estimate of drug-likeness (QED) is 0.289. The number of rotatable bonds is 7. The summed E-state index contributed by atoms with van der Waals surface area (Å²) >= 11 is 2.00. The monoisotopic (exact) mass is 672 g/mol. The van der Waals surface area contributed by atoms with E-state index in [2.05, 4.69) is 10.6 Å². The lowest BCUT2D eigenvalue weighted by atomic mass is 10.1. The Labute approximate surface area is 248 Å². The van der Waals surface area contributed by atoms with Gasteiger partial charge in [0, 0.05) is 27.9 Å². The predicted octanol–water partition coefficient (Wildman–Crippen LogP) is 3.87. The first-order valence-electron chi connectivity index (χ1n) is 13.1. The zero-order chi connectivity index (χ0) is 29.7. The summed E-state index contributed by atoms with van der Waals surface area (Å²) in [6.45, 7) is 3.33. The van der Waals surface area contributed by atoms with Crippen LogP contribution in [0.15, 0.2) is 56.8 Å². The third-order valence-electron chi connectivity index (χ3n) is 7.47. The molecule has 1 aliphatic carbocycles. The van der Waals surface area contributed by atoms with Crippen LogP contribution in [0.2, 0.25) is 0 Å². The molecule has 1 atom stereocenters. The Morgan fingerprint density at radius 1 is 1.10 bits per heavy atom. The molecule has 4 aromatic rings. The average molecular weight is 672 g/mol. The van der Waals surface area contributed by atoms with E-state index >= 15 is 0 Å². The van der Waals surface area contributed by atoms with Crippen molar-refractivity contribution < 1.29 is 9.18 Å². The van der Waals surface area contributed by atoms with Gasteiger partial charge in [0.1, 0.15) is 17.0 Å². The maximum atomic E-state index is 14.9. The Balaban J connectivity index is 1.80. The van der Waals surface area contributed by atoms with Crippen molar-refractivity contribution in [3.8, 4) is 5.69 Å². The molecule has 2 aromatic carbocycles. The van der Waals surface area contributed by atoms with Gasteiger partial charge in [-0.2, -0.15) is 0 Å². The summed E-state index contributed by atoms with van der Waals surface area (Å²) in [5, 5.41) is 5.91. The summed E-state index contributed by atoms with van der Waals surface area (Å²) in [7, 11) is 5.09. The van der Waals surface area contributed by atoms with Crippen LogP contribution in [0, 0.1) is 16.3 Å². The minimum absolute atomic E-state index is 0.0770. The van der Waals surface area contributed by atoms with E-state index in [1.807, 2.05) is 22.6 Å². The van der Waals surface area contributed by atoms with Gasteiger partial charge in [0.2, 0.25) is 5.91 Å². The number of halogens is 2. The third kappa shape index (κ3) is 5.21. The molecule has 1 aliphatic rings. The van der Waals surface area contributed by atoms with Crippen LogP contribution in [0.5, 0.6) is 0 Å². The highest BCUT2D eigenvalue weighted by Crippen LogP contribution is 2.34. The first kappa shape index (κ1) is 28.7. The minimum atomic E-state index is -0.585. The standard InChI is InChI=1S/C29H30FIN6O4/c1-15-24-23(25(35(5)27(15)39)33-22-12-9-17(31)13-21(22)30)28(40)37(19-10-11-19)29(41)36(24)20-8-6-7-18(14-20)32-26(38)16(2)34(3)4/h6-9,12-14,16,19,33H,10-11H2,1-5H3,(H,32,38)/t16-/m0/s1. The van der Waals surface area contributed by atoms with Crippen LogP contribution in [-0.2, 0) is 11.8 Å². The number of amides is 1. The number of carbonyl (C=O) groups is 1. The number of hydrogen-bond donors (Lipinski definition) is 2. The van der Waals surface area contributed by atoms with Crippen LogP contribution >= 0.6 is 22.6 Å². The summed E-state index contributed by atoms with van der Waals surface area (Å²) in [5.41, 5.74) is -0.383. The van der Waals surface area contributed by atoms with Gasteiger partial charge in [0.05, 0.1) is 22.9 Å². The number of hydrogen-bond acceptors (Lipinski definition) is 6. The van der Waals surface area contributed by atoms with Gasteiger partial charge in [-0.3, -0.25) is 33.0 Å². The highest BCUT2D eigenvalue weighted by atomic mass is 127. The molecule has 2 aromatic heterocycles. The van der Waals surface area contributed by atoms with E-state index in [4.69, 9.17) is 0 Å². The van der Waals surface area contributed by atoms with E-state index in [0.29, 0.717) is 27.8 Å². The van der Waals surface area contributed by atoms with E-state index in [1.165, 1.54) is 32.9 Å². The number of fused-ring (bicyclic) bond motifs is 1. The van der Waals surface area contributed by atoms with Crippen LogP contribution in [0.4, 0.5) is 21.6 Å². The first-order chi connectivity index (χ1) is 19.4. The molecule has 0 spiro atoms. The summed E-state index contributed by atoms with van der Waals surface area (Å²) < 4.78 is 19.4. The number of anilines is 3. The molecule has 214 valence electrons. The Morgan fingerprint density at radius 3 is 2.44 bits per heavy atom. The van der Waals surface area contributed by atoms with Crippen LogP contribution in [0.1, 0.15) is 31.4 Å². The molecule has 1 fully saturated rings. The molecule has 0 bridgehead atoms. The van der Waals surface area contributed by atoms with Crippen LogP contribution < -0.4 is 27.4 Å². The number of aromatic nitrogens is 3. The summed E-state index contributed by atoms with van der Waals surface area (Å²) in [4.78, 5) is 55.9. The van der Waals surface area contributed by atoms with Gasteiger partial charge in [0.25, 0.3) is 11.1 Å². The number of nitrogens with zero attached hydrogens (tertiary/aromatic N) is 4. The van der Waals surface area contributed by atoms with Gasteiger partial charge in [-0.1, -0.05) is 6.07 Å². The van der Waals surface area contributed by atoms with Crippen molar-refractivity contribution in [3.63, 3.8) is 0 Å². The van der Waals surface area contributed by atoms with Crippen molar-refractivity contribution in [1.82, 2.24) is 18.6 Å². The number of benzene rings is 2. The van der Waals surface area contributed by atoms with Crippen LogP contribution in [-0.4, -0.2) is 44.6 Å². The van der Waals surface area contributed by atoms with Crippen molar-refractivity contribution in [1.29, 1.82) is 0 Å². The van der Waals surface area contributed by atoms with Crippen molar-refractivity contribution in [2.24, 2.45) is 7.05 Å². The topological polar surface area (TPSA) is 110 Å². The normalized spacial score (nSPS) is 14.0. The zero-order valence-electron chi connectivity index (χ0n) is 23.3. The second kappa shape index (κ2) is 10.9. The van der Waals surface area contributed by atoms with E-state index in [-0.39, 0.29) is 39.9 Å². The van der Waals surface area contributed by atoms with E-state index in [0.717, 1.165) is 0 Å². The highest BCUT2D eigenvalue weighted by Gasteiger charge is 2.31. The lowest BCUT2D eigenvalue weighted by Gasteiger charge is -2.21. The molecular formula is C29H30FIN6O4. The lowest BCUT2D eigenvalue weighted by molar-refractivity contribution is -0.119. The van der Waals surface area contributed by atoms with Gasteiger partial charge in [-0.25, -0.2) is 9.18 Å². The van der Waals surface area contributed by atoms with Crippen molar-refractivity contribution in [3.05, 3.63) is 88.6 Å². The van der Waals surface area contributed by atoms with Gasteiger partial charge in [-0.15, -0.1) is 0 Å². The zero-order valence-corrected chi connectivity index (χ0v) is 25.4. The average Bonchev–Trinajstić information content (AvgIpc) is 3.76. The van der Waals surface area contributed by atoms with Gasteiger partial charge in [0.15, 0.2) is 0 Å². The summed E-state index contributed by atoms with van der Waals surface area (Å²) in [6.07, 6.45) is 1.33. The van der Waals surface area contributed by atoms with Crippen LogP contribution in [0.25, 0.3) is 16.6 Å². The van der Waals surface area contributed by atoms with Crippen molar-refractivity contribution in [2.75, 3.05) is 24.7 Å². The fourth-order valence-corrected chi connectivity index (χ4v) is 5.23. The molecule has 2 N–H and O–H groups in total. The first-order valence-corrected chi connectivity index (χ1v) is 14.2. The largest absolute Gasteiger partial charge is 0.338 e. The fraction of sp³-hybridized carbons (Fsp3) is 0.310. The smallest absolute Gasteiger partial charge is 0.336 e. The number of pyridine rings is 1. The predicted molar refractivity (Wildman–Crippen MR) is 166 cm³/mol. The van der Waals surface area contributed by atoms with E-state index in [9.17, 15) is 23.6 Å². The Kier molecular flexibility index (Phi) is 7.64. The molecule has 1 saturated carbocycles. The van der Waals surface area contributed by atoms with Gasteiger partial charge < -0.3 is 10.6 Å². The summed E-state index contributed by atoms with van der Waals surface area (Å²) in [6, 6.07) is 10.6. The summed E-state index contributed by atoms with van der Waals surface area (Å²) in [5.74, 6) is -0.708. The molecule has 0 aliphatic heterocycles. The fourth-order valence-electron chi connectivity index (χ4n) is 4.78. The maximum Gasteiger partial charge on any atom is 0.336 e. The molecule has 0 saturated heterocycles. The Bertz CT molecular complexity index is 1890. The van der Waals surface area contributed by atoms with Crippen LogP contribution in [0.3, 0.4) is 0 Å². The second-order valence-corrected chi connectivity index (χ2v) is 11.8. The molecule has 1 amide bonds. The number of likely N-dealkylation sites (N-methyl/N-ethyl adjacent to an activating group) is 1. The molecule has 41 heavy (non-hydrogen) atoms. The SMILES string of the molecule is Cc1c(=O)n(C)c(Nc2ccc(I)cc2F)c2c(=O)n(C3CC3)c(=O)n(-c3cccc(NC(=O)[C@H](C)N(C)C)c3)c12. The molecule has 2 heterocycles. The molecular weight excluding hydrogens is 642 g/mol. The number of aryl methyl sites for hydroxylation is 1. The van der Waals surface area contributed by atoms with Crippen molar-refractivity contribution in [2.45, 2.75) is 38.8 Å². The molecule has 0 radical (unpaired) electrons. The lowest BCUT2D eigenvalue weighted by Crippen LogP contribution is -2.41. The molecule has 5 rings (SSSR count). The van der Waals surface area contributed by atoms with E-state index < -0.39 is 28.7 Å². The third-order valence-corrected chi connectivity index (χ3v) is 8.14. The number of carbonyl (C=O) groups excluding carboxylic acids is 1. The minimum Gasteiger partial charge on any atom is -0.338 e. The van der Waals surface area contributed by atoms with Crippen molar-refractivity contribution >= 4 is 56.6 Å². The number of nitrogens with one attached hydrogen (secondary N) is 2. The Morgan fingerprint density at radius 2 is 1.80 bits per heavy atom. The highest BCUT2D eigenvalue weighted by molar-refractivity contribution is 14.1.